The third kappa shape index (κ3) is 5.87. The third-order valence-electron chi connectivity index (χ3n) is 5.30. The normalized spacial score (nSPS) is 10.8. The number of aromatic nitrogens is 2. The van der Waals surface area contributed by atoms with Crippen molar-refractivity contribution < 1.29 is 23.6 Å². The number of nitrogens with one attached hydrogen (secondary N) is 1. The van der Waals surface area contributed by atoms with Crippen molar-refractivity contribution >= 4 is 22.7 Å². The topological polar surface area (TPSA) is 139 Å². The van der Waals surface area contributed by atoms with E-state index in [-0.39, 0.29) is 30.1 Å². The van der Waals surface area contributed by atoms with Gasteiger partial charge < -0.3 is 19.2 Å². The molecule has 0 fully saturated rings. The van der Waals surface area contributed by atoms with E-state index in [1.54, 1.807) is 18.3 Å². The van der Waals surface area contributed by atoms with Crippen molar-refractivity contribution in [2.24, 2.45) is 0 Å². The molecule has 36 heavy (non-hydrogen) atoms. The van der Waals surface area contributed by atoms with Crippen molar-refractivity contribution in [2.45, 2.75) is 32.9 Å². The van der Waals surface area contributed by atoms with Gasteiger partial charge in [0.2, 0.25) is 11.8 Å². The maximum Gasteiger partial charge on any atom is 0.419 e. The van der Waals surface area contributed by atoms with Crippen LogP contribution in [0.3, 0.4) is 0 Å². The fraction of sp³-hybridized carbons (Fsp3) is 0.240. The smallest absolute Gasteiger partial charge is 0.419 e. The van der Waals surface area contributed by atoms with E-state index in [4.69, 9.17) is 13.9 Å². The molecule has 1 amide bonds. The molecule has 0 saturated heterocycles. The highest BCUT2D eigenvalue weighted by atomic mass is 16.6. The minimum absolute atomic E-state index is 0.139. The van der Waals surface area contributed by atoms with Gasteiger partial charge in [0.25, 0.3) is 5.69 Å². The number of hydrogen-bond acceptors (Lipinski definition) is 8. The van der Waals surface area contributed by atoms with Gasteiger partial charge >= 0.3 is 5.76 Å². The van der Waals surface area contributed by atoms with E-state index >= 15 is 0 Å². The van der Waals surface area contributed by atoms with E-state index in [1.165, 1.54) is 22.8 Å². The summed E-state index contributed by atoms with van der Waals surface area (Å²) in [6.07, 6.45) is 2.20. The number of non-ortho nitro benzene ring substituents is 1. The Balaban J connectivity index is 1.26. The van der Waals surface area contributed by atoms with Crippen molar-refractivity contribution in [3.63, 3.8) is 0 Å². The van der Waals surface area contributed by atoms with Gasteiger partial charge in [-0.3, -0.25) is 19.5 Å². The van der Waals surface area contributed by atoms with Gasteiger partial charge in [-0.05, 0) is 37.1 Å². The Hall–Kier alpha value is -4.67. The van der Waals surface area contributed by atoms with Crippen LogP contribution in [0.25, 0.3) is 11.1 Å². The van der Waals surface area contributed by atoms with Gasteiger partial charge in [0.15, 0.2) is 17.1 Å². The van der Waals surface area contributed by atoms with Gasteiger partial charge in [-0.1, -0.05) is 18.2 Å². The summed E-state index contributed by atoms with van der Waals surface area (Å²) < 4.78 is 17.8. The Labute approximate surface area is 205 Å². The number of hydrogen-bond donors (Lipinski definition) is 1. The second-order valence-electron chi connectivity index (χ2n) is 7.80. The van der Waals surface area contributed by atoms with E-state index in [1.807, 2.05) is 31.2 Å². The number of rotatable bonds is 11. The van der Waals surface area contributed by atoms with Gasteiger partial charge in [-0.15, -0.1) is 0 Å². The van der Waals surface area contributed by atoms with E-state index in [2.05, 4.69) is 10.3 Å². The number of carbonyl (C=O) groups is 1. The van der Waals surface area contributed by atoms with Crippen LogP contribution in [-0.2, 0) is 17.9 Å². The predicted octanol–water partition coefficient (Wildman–Crippen LogP) is 4.19. The molecule has 0 saturated carbocycles. The highest BCUT2D eigenvalue weighted by molar-refractivity contribution is 5.76. The number of ether oxygens (including phenoxy) is 2. The molecule has 0 bridgehead atoms. The molecular weight excluding hydrogens is 468 g/mol. The first-order chi connectivity index (χ1) is 17.4. The standard InChI is InChI=1S/C25H24N4O7/c1-2-34-20-6-3-4-7-21(20)35-24-12-9-17(16-27-24)15-26-23(30)8-5-13-28-19-11-10-18(29(32)33)14-22(19)36-25(28)31/h3-4,6-7,9-12,14,16H,2,5,8,13,15H2,1H3,(H,26,30). The van der Waals surface area contributed by atoms with Crippen LogP contribution in [0, 0.1) is 10.1 Å². The van der Waals surface area contributed by atoms with Gasteiger partial charge in [-0.25, -0.2) is 9.78 Å². The minimum Gasteiger partial charge on any atom is -0.490 e. The van der Waals surface area contributed by atoms with E-state index < -0.39 is 10.7 Å². The number of nitrogens with zero attached hydrogens (tertiary/aromatic N) is 3. The molecule has 0 aliphatic carbocycles. The molecule has 0 atom stereocenters. The number of para-hydroxylation sites is 2. The zero-order valence-corrected chi connectivity index (χ0v) is 19.5. The van der Waals surface area contributed by atoms with Crippen LogP contribution in [0.5, 0.6) is 17.4 Å². The van der Waals surface area contributed by atoms with Crippen LogP contribution in [0.2, 0.25) is 0 Å². The van der Waals surface area contributed by atoms with Gasteiger partial charge in [0.05, 0.1) is 23.1 Å². The molecule has 2 aromatic heterocycles. The number of nitro benzene ring substituents is 1. The largest absolute Gasteiger partial charge is 0.490 e. The molecule has 2 heterocycles. The summed E-state index contributed by atoms with van der Waals surface area (Å²) in [5.41, 5.74) is 1.22. The van der Waals surface area contributed by atoms with Crippen molar-refractivity contribution in [1.82, 2.24) is 14.9 Å². The minimum atomic E-state index is -0.622. The SMILES string of the molecule is CCOc1ccccc1Oc1ccc(CNC(=O)CCCn2c(=O)oc3cc([N+](=O)[O-])ccc32)cn1. The van der Waals surface area contributed by atoms with Crippen LogP contribution in [0.4, 0.5) is 5.69 Å². The molecule has 4 rings (SSSR count). The number of carbonyl (C=O) groups excluding carboxylic acids is 1. The van der Waals surface area contributed by atoms with Crippen molar-refractivity contribution in [2.75, 3.05) is 6.61 Å². The fourth-order valence-electron chi connectivity index (χ4n) is 3.56. The number of amides is 1. The first-order valence-corrected chi connectivity index (χ1v) is 11.3. The number of fused-ring (bicyclic) bond motifs is 1. The second kappa shape index (κ2) is 11.2. The number of aryl methyl sites for hydroxylation is 1. The molecule has 1 N–H and O–H groups in total. The quantitative estimate of drug-likeness (QED) is 0.243. The van der Waals surface area contributed by atoms with Gasteiger partial charge in [0.1, 0.15) is 0 Å². The average Bonchev–Trinajstić information content (AvgIpc) is 3.19. The molecule has 0 spiro atoms. The molecule has 0 radical (unpaired) electrons. The lowest BCUT2D eigenvalue weighted by Crippen LogP contribution is -2.23. The van der Waals surface area contributed by atoms with Crippen molar-refractivity contribution in [3.8, 4) is 17.4 Å². The van der Waals surface area contributed by atoms with Gasteiger partial charge in [-0.2, -0.15) is 0 Å². The maximum atomic E-state index is 12.3. The Bertz CT molecular complexity index is 1430. The molecule has 0 aliphatic rings. The maximum absolute atomic E-state index is 12.3. The summed E-state index contributed by atoms with van der Waals surface area (Å²) in [6, 6.07) is 14.8. The average molecular weight is 492 g/mol. The predicted molar refractivity (Wildman–Crippen MR) is 130 cm³/mol. The molecular formula is C25H24N4O7. The molecule has 11 nitrogen and oxygen atoms in total. The zero-order valence-electron chi connectivity index (χ0n) is 19.5. The molecule has 2 aromatic carbocycles. The van der Waals surface area contributed by atoms with Crippen LogP contribution in [0.1, 0.15) is 25.3 Å². The summed E-state index contributed by atoms with van der Waals surface area (Å²) in [5.74, 6) is 0.793. The number of benzene rings is 2. The van der Waals surface area contributed by atoms with Crippen molar-refractivity contribution in [3.05, 3.63) is 87.0 Å². The monoisotopic (exact) mass is 492 g/mol. The van der Waals surface area contributed by atoms with E-state index in [0.29, 0.717) is 42.5 Å². The number of pyridine rings is 1. The van der Waals surface area contributed by atoms with Crippen molar-refractivity contribution in [1.29, 1.82) is 0 Å². The van der Waals surface area contributed by atoms with Gasteiger partial charge in [0, 0.05) is 37.8 Å². The first-order valence-electron chi connectivity index (χ1n) is 11.3. The van der Waals surface area contributed by atoms with Crippen LogP contribution >= 0.6 is 0 Å². The number of oxazole rings is 1. The fourth-order valence-corrected chi connectivity index (χ4v) is 3.56. The molecule has 0 unspecified atom stereocenters. The lowest BCUT2D eigenvalue weighted by Gasteiger charge is -2.11. The Morgan fingerprint density at radius 1 is 1.17 bits per heavy atom. The lowest BCUT2D eigenvalue weighted by atomic mass is 10.2. The summed E-state index contributed by atoms with van der Waals surface area (Å²) in [5, 5.41) is 13.7. The van der Waals surface area contributed by atoms with Crippen LogP contribution in [-0.4, -0.2) is 27.0 Å². The Kier molecular flexibility index (Phi) is 7.59. The van der Waals surface area contributed by atoms with E-state index in [0.717, 1.165) is 5.56 Å². The Morgan fingerprint density at radius 3 is 2.69 bits per heavy atom. The molecule has 0 aliphatic heterocycles. The number of nitro groups is 1. The zero-order chi connectivity index (χ0) is 25.5. The van der Waals surface area contributed by atoms with Crippen LogP contribution < -0.4 is 20.5 Å². The van der Waals surface area contributed by atoms with Crippen LogP contribution in [0.15, 0.2) is 70.0 Å². The summed E-state index contributed by atoms with van der Waals surface area (Å²) in [6.45, 7) is 2.95. The molecule has 186 valence electrons. The Morgan fingerprint density at radius 2 is 1.97 bits per heavy atom. The first kappa shape index (κ1) is 24.5. The molecule has 11 heteroatoms. The summed E-state index contributed by atoms with van der Waals surface area (Å²) in [4.78, 5) is 39.0. The lowest BCUT2D eigenvalue weighted by molar-refractivity contribution is -0.384. The second-order valence-corrected chi connectivity index (χ2v) is 7.80. The summed E-state index contributed by atoms with van der Waals surface area (Å²) in [7, 11) is 0. The third-order valence-corrected chi connectivity index (χ3v) is 5.30. The molecule has 4 aromatic rings. The summed E-state index contributed by atoms with van der Waals surface area (Å²) >= 11 is 0. The highest BCUT2D eigenvalue weighted by Crippen LogP contribution is 2.30. The highest BCUT2D eigenvalue weighted by Gasteiger charge is 2.14. The van der Waals surface area contributed by atoms with E-state index in [9.17, 15) is 19.7 Å².